The number of nitrogens with zero attached hydrogens (tertiary/aromatic N) is 2. The van der Waals surface area contributed by atoms with Gasteiger partial charge in [0.25, 0.3) is 0 Å². The molecule has 1 aromatic heterocycles. The zero-order chi connectivity index (χ0) is 37.5. The zero-order valence-electron chi connectivity index (χ0n) is 30.8. The topological polar surface area (TPSA) is 26.5 Å². The fourth-order valence-corrected chi connectivity index (χ4v) is 8.19. The van der Waals surface area contributed by atoms with Gasteiger partial charge in [-0.15, -0.1) is 5.69 Å². The number of aromatic nitrogens is 1. The van der Waals surface area contributed by atoms with Crippen molar-refractivity contribution in [1.82, 2.24) is 4.98 Å². The summed E-state index contributed by atoms with van der Waals surface area (Å²) < 4.78 is 0. The van der Waals surface area contributed by atoms with E-state index in [-0.39, 0.29) is 17.1 Å². The fraction of sp³-hybridized carbons (Fsp3) is 0.163. The van der Waals surface area contributed by atoms with Crippen LogP contribution in [0.2, 0.25) is 0 Å². The summed E-state index contributed by atoms with van der Waals surface area (Å²) in [5.41, 5.74) is 10.3. The Morgan fingerprint density at radius 2 is 0.782 bits per heavy atom. The Morgan fingerprint density at radius 3 is 1.07 bits per heavy atom. The molecule has 1 aliphatic carbocycles. The van der Waals surface area contributed by atoms with E-state index in [4.69, 9.17) is 0 Å². The molecular weight excluding hydrogens is 891 g/mol. The minimum absolute atomic E-state index is 0. The van der Waals surface area contributed by atoms with Crippen molar-refractivity contribution in [3.63, 3.8) is 0 Å². The number of halogens is 2. The molecule has 1 fully saturated rings. The molecule has 0 aliphatic heterocycles. The van der Waals surface area contributed by atoms with Crippen molar-refractivity contribution in [2.45, 2.75) is 49.4 Å². The van der Waals surface area contributed by atoms with E-state index in [1.165, 1.54) is 44.3 Å². The van der Waals surface area contributed by atoms with E-state index < -0.39 is 0 Å². The third-order valence-electron chi connectivity index (χ3n) is 10.3. The number of hydrogen-bond acceptors (Lipinski definition) is 1. The fourth-order valence-electron chi connectivity index (χ4n) is 8.19. The summed E-state index contributed by atoms with van der Waals surface area (Å²) in [6, 6.07) is 68.2. The standard InChI is InChI=1S/C35H30.C14H15N2.2BrH.Fe.Ni/c1-6-16-26(17-7-1)31-32(27-18-8-2-9-19-27)34(29-22-12-4-13-23-29)35(30-24-14-5-15-25-30)33(31)28-20-10-3-11-21-28;1-11(2)13-7-3-4-8-14(13)16-10-12-6-5-9-15-12;;;;/h1-25,31-35H;3-11H,1-2H3;2*1H;;/q;-1;;;;+3/p-2. The predicted octanol–water partition coefficient (Wildman–Crippen LogP) is 14.1. The summed E-state index contributed by atoms with van der Waals surface area (Å²) in [7, 11) is 1.25. The van der Waals surface area contributed by atoms with Gasteiger partial charge in [-0.05, 0) is 75.0 Å². The van der Waals surface area contributed by atoms with Crippen LogP contribution in [0.1, 0.15) is 88.4 Å². The molecule has 2 nitrogen and oxygen atoms in total. The predicted molar refractivity (Wildman–Crippen MR) is 231 cm³/mol. The van der Waals surface area contributed by atoms with Gasteiger partial charge in [0.15, 0.2) is 0 Å². The zero-order valence-corrected chi connectivity index (χ0v) is 36.1. The normalized spacial score (nSPS) is 18.8. The first-order chi connectivity index (χ1) is 26.6. The van der Waals surface area contributed by atoms with Crippen LogP contribution in [0.4, 0.5) is 5.69 Å². The molecule has 0 radical (unpaired) electrons. The second-order valence-corrected chi connectivity index (χ2v) is 18.7. The summed E-state index contributed by atoms with van der Waals surface area (Å²) in [4.78, 5) is 8.64. The molecule has 0 atom stereocenters. The molecule has 0 unspecified atom stereocenters. The molecule has 1 heterocycles. The van der Waals surface area contributed by atoms with Crippen LogP contribution in [0.25, 0.3) is 0 Å². The van der Waals surface area contributed by atoms with Gasteiger partial charge in [-0.1, -0.05) is 196 Å². The number of benzene rings is 6. The average molecular weight is 936 g/mol. The second-order valence-electron chi connectivity index (χ2n) is 13.8. The van der Waals surface area contributed by atoms with Gasteiger partial charge in [0.05, 0.1) is 5.69 Å². The SMILES string of the molecule is CC(C)c1ccccc1N=Cc1ccc[n-]1.[Br][Ni+][Br].[Fe].c1ccc(C2C(c3ccccc3)C(c3ccccc3)C(c3ccccc3)C2c2ccccc2)cc1. The van der Waals surface area contributed by atoms with Crippen LogP contribution in [0.3, 0.4) is 0 Å². The van der Waals surface area contributed by atoms with Gasteiger partial charge in [0, 0.05) is 23.3 Å². The van der Waals surface area contributed by atoms with Crippen molar-refractivity contribution in [2.75, 3.05) is 0 Å². The first-order valence-electron chi connectivity index (χ1n) is 18.4. The number of hydrogen-bond donors (Lipinski definition) is 0. The summed E-state index contributed by atoms with van der Waals surface area (Å²) in [6.07, 6.45) is 3.58. The van der Waals surface area contributed by atoms with Crippen LogP contribution >= 0.6 is 28.5 Å². The third-order valence-corrected chi connectivity index (χ3v) is 10.3. The van der Waals surface area contributed by atoms with Crippen LogP contribution in [-0.2, 0) is 28.0 Å². The van der Waals surface area contributed by atoms with Crippen molar-refractivity contribution in [3.8, 4) is 0 Å². The summed E-state index contributed by atoms with van der Waals surface area (Å²) in [5, 5.41) is 0. The van der Waals surface area contributed by atoms with Crippen LogP contribution in [0, 0.1) is 0 Å². The molecule has 0 saturated heterocycles. The van der Waals surface area contributed by atoms with Gasteiger partial charge in [-0.3, -0.25) is 4.99 Å². The van der Waals surface area contributed by atoms with Crippen molar-refractivity contribution < 1.29 is 28.0 Å². The number of aliphatic imine (C=N–C) groups is 1. The van der Waals surface area contributed by atoms with Gasteiger partial charge in [-0.25, -0.2) is 0 Å². The first kappa shape index (κ1) is 42.4. The number of para-hydroxylation sites is 1. The van der Waals surface area contributed by atoms with Crippen LogP contribution in [-0.4, -0.2) is 6.21 Å². The van der Waals surface area contributed by atoms with E-state index >= 15 is 0 Å². The molecule has 0 amide bonds. The molecular formula is C49H45Br2FeN2Ni. The van der Waals surface area contributed by atoms with Gasteiger partial charge in [0.2, 0.25) is 0 Å². The maximum absolute atomic E-state index is 4.48. The van der Waals surface area contributed by atoms with Gasteiger partial charge >= 0.3 is 39.3 Å². The minimum atomic E-state index is 0. The summed E-state index contributed by atoms with van der Waals surface area (Å²) in [6.45, 7) is 4.35. The minimum Gasteiger partial charge on any atom is -0.0622 e. The van der Waals surface area contributed by atoms with Crippen molar-refractivity contribution in [2.24, 2.45) is 4.99 Å². The Labute approximate surface area is 358 Å². The molecule has 6 aromatic carbocycles. The summed E-state index contributed by atoms with van der Waals surface area (Å²) in [5.74, 6) is 2.28. The average Bonchev–Trinajstić information content (AvgIpc) is 3.89. The van der Waals surface area contributed by atoms with Crippen molar-refractivity contribution in [1.29, 1.82) is 0 Å². The Morgan fingerprint density at radius 1 is 0.473 bits per heavy atom. The van der Waals surface area contributed by atoms with E-state index in [0.717, 1.165) is 11.4 Å². The van der Waals surface area contributed by atoms with E-state index in [1.54, 1.807) is 12.4 Å². The molecule has 0 N–H and O–H groups in total. The molecule has 8 rings (SSSR count). The smallest absolute Gasteiger partial charge is 0 e. The van der Waals surface area contributed by atoms with Crippen molar-refractivity contribution in [3.05, 3.63) is 233 Å². The Kier molecular flexibility index (Phi) is 17.0. The van der Waals surface area contributed by atoms with E-state index in [1.807, 2.05) is 24.3 Å². The Hall–Kier alpha value is -3.76. The van der Waals surface area contributed by atoms with Crippen LogP contribution < -0.4 is 4.98 Å². The maximum atomic E-state index is 4.48. The first-order valence-corrected chi connectivity index (χ1v) is 23.3. The molecule has 6 heteroatoms. The van der Waals surface area contributed by atoms with Crippen LogP contribution in [0.15, 0.2) is 199 Å². The third kappa shape index (κ3) is 11.0. The molecule has 0 spiro atoms. The molecule has 0 bridgehead atoms. The largest absolute Gasteiger partial charge is 0.0622 e. The number of rotatable bonds is 8. The molecule has 283 valence electrons. The maximum Gasteiger partial charge on any atom is 0 e. The molecule has 7 aromatic rings. The second kappa shape index (κ2) is 22.1. The van der Waals surface area contributed by atoms with E-state index in [0.29, 0.717) is 35.5 Å². The quantitative estimate of drug-likeness (QED) is 0.110. The Balaban J connectivity index is 0.000000243. The molecule has 55 heavy (non-hydrogen) atoms. The van der Waals surface area contributed by atoms with Crippen LogP contribution in [0.5, 0.6) is 0 Å². The molecule has 1 saturated carbocycles. The molecule has 1 aliphatic rings. The van der Waals surface area contributed by atoms with E-state index in [2.05, 4.69) is 216 Å². The summed E-state index contributed by atoms with van der Waals surface area (Å²) >= 11 is 6.00. The van der Waals surface area contributed by atoms with Gasteiger partial charge < -0.3 is 4.98 Å². The van der Waals surface area contributed by atoms with Crippen molar-refractivity contribution >= 4 is 40.4 Å². The Bertz CT molecular complexity index is 1850. The monoisotopic (exact) mass is 933 g/mol. The van der Waals surface area contributed by atoms with Gasteiger partial charge in [0.1, 0.15) is 0 Å². The van der Waals surface area contributed by atoms with E-state index in [9.17, 15) is 0 Å². The van der Waals surface area contributed by atoms with Gasteiger partial charge in [-0.2, -0.15) is 6.20 Å².